The van der Waals surface area contributed by atoms with Gasteiger partial charge in [-0.1, -0.05) is 49.2 Å². The van der Waals surface area contributed by atoms with Crippen molar-refractivity contribution in [3.63, 3.8) is 0 Å². The zero-order valence-corrected chi connectivity index (χ0v) is 19.8. The molecule has 0 saturated heterocycles. The monoisotopic (exact) mass is 502 g/mol. The van der Waals surface area contributed by atoms with Gasteiger partial charge < -0.3 is 10.6 Å². The van der Waals surface area contributed by atoms with Gasteiger partial charge in [-0.25, -0.2) is 13.6 Å². The number of alkyl halides is 3. The molecule has 4 rings (SSSR count). The van der Waals surface area contributed by atoms with Crippen molar-refractivity contribution in [1.29, 1.82) is 0 Å². The largest absolute Gasteiger partial charge is 0.416 e. The highest BCUT2D eigenvalue weighted by Crippen LogP contribution is 2.39. The normalized spacial score (nSPS) is 15.9. The lowest BCUT2D eigenvalue weighted by Crippen LogP contribution is -2.54. The van der Waals surface area contributed by atoms with E-state index in [2.05, 4.69) is 10.6 Å². The van der Waals surface area contributed by atoms with Gasteiger partial charge in [-0.15, -0.1) is 0 Å². The Kier molecular flexibility index (Phi) is 7.33. The van der Waals surface area contributed by atoms with Crippen molar-refractivity contribution in [2.45, 2.75) is 56.8 Å². The van der Waals surface area contributed by atoms with Crippen molar-refractivity contribution in [2.75, 3.05) is 0 Å². The van der Waals surface area contributed by atoms with Gasteiger partial charge in [0.25, 0.3) is 0 Å². The van der Waals surface area contributed by atoms with Crippen LogP contribution in [0.25, 0.3) is 0 Å². The molecule has 2 amide bonds. The van der Waals surface area contributed by atoms with E-state index in [1.54, 1.807) is 37.3 Å². The maximum absolute atomic E-state index is 14.7. The lowest BCUT2D eigenvalue weighted by Gasteiger charge is -2.38. The molecule has 2 N–H and O–H groups in total. The van der Waals surface area contributed by atoms with Crippen molar-refractivity contribution in [2.24, 2.45) is 0 Å². The molecule has 3 nitrogen and oxygen atoms in total. The molecule has 1 aliphatic rings. The highest BCUT2D eigenvalue weighted by atomic mass is 19.4. The first-order chi connectivity index (χ1) is 17.1. The van der Waals surface area contributed by atoms with Crippen LogP contribution in [0.1, 0.15) is 53.5 Å². The predicted molar refractivity (Wildman–Crippen MR) is 127 cm³/mol. The number of urea groups is 1. The molecule has 1 saturated carbocycles. The van der Waals surface area contributed by atoms with E-state index in [0.717, 1.165) is 37.8 Å². The molecule has 0 heterocycles. The van der Waals surface area contributed by atoms with Crippen molar-refractivity contribution >= 4 is 6.03 Å². The molecule has 1 aliphatic carbocycles. The first-order valence-corrected chi connectivity index (χ1v) is 11.8. The summed E-state index contributed by atoms with van der Waals surface area (Å²) in [4.78, 5) is 13.3. The van der Waals surface area contributed by atoms with Crippen LogP contribution in [-0.2, 0) is 18.1 Å². The Labute approximate surface area is 206 Å². The van der Waals surface area contributed by atoms with Gasteiger partial charge in [-0.05, 0) is 72.4 Å². The number of nitrogens with one attached hydrogen (secondary N) is 2. The summed E-state index contributed by atoms with van der Waals surface area (Å²) in [6.45, 7) is 1.61. The smallest absolute Gasteiger partial charge is 0.335 e. The second-order valence-electron chi connectivity index (χ2n) is 9.33. The maximum atomic E-state index is 14.7. The maximum Gasteiger partial charge on any atom is 0.416 e. The molecule has 36 heavy (non-hydrogen) atoms. The Morgan fingerprint density at radius 1 is 0.889 bits per heavy atom. The molecule has 190 valence electrons. The number of aryl methyl sites for hydroxylation is 1. The van der Waals surface area contributed by atoms with Crippen LogP contribution in [0, 0.1) is 18.6 Å². The molecule has 1 fully saturated rings. The van der Waals surface area contributed by atoms with E-state index in [1.165, 1.54) is 18.2 Å². The summed E-state index contributed by atoms with van der Waals surface area (Å²) in [5.74, 6) is -1.62. The molecule has 3 aromatic carbocycles. The zero-order valence-electron chi connectivity index (χ0n) is 19.8. The fraction of sp³-hybridized carbons (Fsp3) is 0.321. The number of rotatable bonds is 6. The topological polar surface area (TPSA) is 41.1 Å². The second kappa shape index (κ2) is 10.3. The van der Waals surface area contributed by atoms with Gasteiger partial charge in [0.2, 0.25) is 0 Å². The molecule has 0 spiro atoms. The summed E-state index contributed by atoms with van der Waals surface area (Å²) < 4.78 is 69.9. The Hall–Kier alpha value is -3.42. The Morgan fingerprint density at radius 3 is 2.19 bits per heavy atom. The van der Waals surface area contributed by atoms with Gasteiger partial charge in [0, 0.05) is 12.5 Å². The fourth-order valence-corrected chi connectivity index (χ4v) is 5.03. The lowest BCUT2D eigenvalue weighted by atomic mass is 9.75. The van der Waals surface area contributed by atoms with Crippen LogP contribution in [0.2, 0.25) is 0 Å². The lowest BCUT2D eigenvalue weighted by molar-refractivity contribution is -0.137. The van der Waals surface area contributed by atoms with Gasteiger partial charge in [0.1, 0.15) is 11.6 Å². The van der Waals surface area contributed by atoms with E-state index in [-0.39, 0.29) is 18.0 Å². The van der Waals surface area contributed by atoms with Crippen LogP contribution in [0.5, 0.6) is 0 Å². The molecule has 0 aromatic heterocycles. The molecular formula is C28H27F5N2O. The minimum atomic E-state index is -4.81. The van der Waals surface area contributed by atoms with Crippen molar-refractivity contribution in [3.05, 3.63) is 106 Å². The molecular weight excluding hydrogens is 475 g/mol. The second-order valence-corrected chi connectivity index (χ2v) is 9.33. The number of hydrogen-bond donors (Lipinski definition) is 2. The average Bonchev–Trinajstić information content (AvgIpc) is 3.31. The molecule has 0 bridgehead atoms. The van der Waals surface area contributed by atoms with E-state index in [1.807, 2.05) is 0 Å². The van der Waals surface area contributed by atoms with Crippen LogP contribution in [0.15, 0.2) is 66.7 Å². The summed E-state index contributed by atoms with van der Waals surface area (Å²) >= 11 is 0. The van der Waals surface area contributed by atoms with Crippen molar-refractivity contribution in [1.82, 2.24) is 10.6 Å². The molecule has 3 aromatic rings. The van der Waals surface area contributed by atoms with Gasteiger partial charge in [-0.3, -0.25) is 0 Å². The van der Waals surface area contributed by atoms with E-state index in [4.69, 9.17) is 0 Å². The highest BCUT2D eigenvalue weighted by molar-refractivity contribution is 5.76. The Bertz CT molecular complexity index is 1220. The van der Waals surface area contributed by atoms with Crippen LogP contribution in [0.4, 0.5) is 26.7 Å². The number of amides is 2. The molecule has 0 aliphatic heterocycles. The minimum Gasteiger partial charge on any atom is -0.335 e. The zero-order chi connectivity index (χ0) is 25.9. The first kappa shape index (κ1) is 25.7. The van der Waals surface area contributed by atoms with Gasteiger partial charge >= 0.3 is 12.2 Å². The van der Waals surface area contributed by atoms with E-state index in [9.17, 15) is 26.7 Å². The number of carbonyl (C=O) groups is 1. The third-order valence-corrected chi connectivity index (χ3v) is 6.70. The van der Waals surface area contributed by atoms with Gasteiger partial charge in [0.05, 0.1) is 11.1 Å². The average molecular weight is 503 g/mol. The molecule has 1 atom stereocenters. The molecule has 8 heteroatoms. The van der Waals surface area contributed by atoms with Crippen molar-refractivity contribution < 1.29 is 26.7 Å². The summed E-state index contributed by atoms with van der Waals surface area (Å²) in [6, 6.07) is 14.4. The van der Waals surface area contributed by atoms with Crippen LogP contribution in [-0.4, -0.2) is 12.1 Å². The first-order valence-electron chi connectivity index (χ1n) is 11.8. The number of halogens is 5. The van der Waals surface area contributed by atoms with Crippen LogP contribution >= 0.6 is 0 Å². The highest BCUT2D eigenvalue weighted by Gasteiger charge is 2.41. The summed E-state index contributed by atoms with van der Waals surface area (Å²) in [7, 11) is 0. The van der Waals surface area contributed by atoms with Gasteiger partial charge in [0.15, 0.2) is 0 Å². The summed E-state index contributed by atoms with van der Waals surface area (Å²) in [6.07, 6.45) is -1.26. The third kappa shape index (κ3) is 5.69. The Balaban J connectivity index is 1.93. The Morgan fingerprint density at radius 2 is 1.56 bits per heavy atom. The number of carbonyl (C=O) groups excluding carboxylic acids is 1. The van der Waals surface area contributed by atoms with Crippen molar-refractivity contribution in [3.8, 4) is 0 Å². The van der Waals surface area contributed by atoms with Gasteiger partial charge in [-0.2, -0.15) is 13.2 Å². The third-order valence-electron chi connectivity index (χ3n) is 6.70. The minimum absolute atomic E-state index is 0.0130. The number of hydrogen-bond acceptors (Lipinski definition) is 1. The van der Waals surface area contributed by atoms with E-state index >= 15 is 0 Å². The summed E-state index contributed by atoms with van der Waals surface area (Å²) in [5, 5.41) is 5.81. The SMILES string of the molecule is Cc1cc(F)ccc1C(Cc1ccccc1)(NC(=O)NC1CCCC1)c1cc(F)cc(C(F)(F)F)c1. The standard InChI is InChI=1S/C28H27F5N2O/c1-18-13-22(29)11-12-25(18)27(17-19-7-3-2-4-8-19,35-26(36)34-24-9-5-6-10-24)20-14-21(28(31,32)33)16-23(30)15-20/h2-4,7-8,11-16,24H,5-6,9-10,17H2,1H3,(H2,34,35,36). The van der Waals surface area contributed by atoms with E-state index in [0.29, 0.717) is 22.8 Å². The van der Waals surface area contributed by atoms with Crippen LogP contribution < -0.4 is 10.6 Å². The van der Waals surface area contributed by atoms with E-state index < -0.39 is 34.9 Å². The predicted octanol–water partition coefficient (Wildman–Crippen LogP) is 7.02. The molecule has 0 radical (unpaired) electrons. The fourth-order valence-electron chi connectivity index (χ4n) is 5.03. The quantitative estimate of drug-likeness (QED) is 0.350. The van der Waals surface area contributed by atoms with Crippen LogP contribution in [0.3, 0.4) is 0 Å². The molecule has 1 unspecified atom stereocenters. The number of benzene rings is 3. The summed E-state index contributed by atoms with van der Waals surface area (Å²) in [5.41, 5.74) is -1.41.